The highest BCUT2D eigenvalue weighted by Crippen LogP contribution is 2.22. The van der Waals surface area contributed by atoms with E-state index >= 15 is 0 Å². The third kappa shape index (κ3) is 5.15. The summed E-state index contributed by atoms with van der Waals surface area (Å²) in [5.74, 6) is -0.0940. The second kappa shape index (κ2) is 8.54. The molecule has 2 atom stereocenters. The van der Waals surface area contributed by atoms with Crippen LogP contribution in [0.4, 0.5) is 4.79 Å². The van der Waals surface area contributed by atoms with E-state index in [0.717, 1.165) is 12.0 Å². The van der Waals surface area contributed by atoms with Crippen molar-refractivity contribution in [2.45, 2.75) is 46.2 Å². The number of carbonyl (C=O) groups excluding carboxylic acids is 2. The number of benzene rings is 1. The van der Waals surface area contributed by atoms with Gasteiger partial charge in [0.1, 0.15) is 0 Å². The fourth-order valence-corrected chi connectivity index (χ4v) is 2.24. The van der Waals surface area contributed by atoms with Gasteiger partial charge in [-0.15, -0.1) is 0 Å². The molecule has 1 rings (SSSR count). The number of nitrogens with one attached hydrogen (secondary N) is 2. The van der Waals surface area contributed by atoms with E-state index in [1.807, 2.05) is 0 Å². The summed E-state index contributed by atoms with van der Waals surface area (Å²) >= 11 is 0. The first kappa shape index (κ1) is 18.2. The van der Waals surface area contributed by atoms with Crippen LogP contribution >= 0.6 is 0 Å². The minimum atomic E-state index is -0.743. The fourth-order valence-electron chi connectivity index (χ4n) is 2.24. The maximum absolute atomic E-state index is 11.9. The Morgan fingerprint density at radius 2 is 1.73 bits per heavy atom. The normalized spacial score (nSPS) is 13.5. The Morgan fingerprint density at radius 3 is 2.18 bits per heavy atom. The van der Waals surface area contributed by atoms with E-state index in [2.05, 4.69) is 60.4 Å². The van der Waals surface area contributed by atoms with E-state index in [9.17, 15) is 9.59 Å². The number of aryl methyl sites for hydroxylation is 1. The van der Waals surface area contributed by atoms with Gasteiger partial charge in [0.25, 0.3) is 0 Å². The summed E-state index contributed by atoms with van der Waals surface area (Å²) in [5, 5.41) is 5.46. The van der Waals surface area contributed by atoms with Crippen molar-refractivity contribution in [3.8, 4) is 0 Å². The van der Waals surface area contributed by atoms with Crippen LogP contribution in [-0.2, 0) is 16.0 Å². The minimum Gasteiger partial charge on any atom is -0.453 e. The second-order valence-electron chi connectivity index (χ2n) is 5.69. The molecular formula is C17H26N2O3. The van der Waals surface area contributed by atoms with Crippen LogP contribution in [0.5, 0.6) is 0 Å². The minimum absolute atomic E-state index is 0.0318. The lowest BCUT2D eigenvalue weighted by atomic mass is 9.94. The summed E-state index contributed by atoms with van der Waals surface area (Å²) in [7, 11) is 1.23. The molecular weight excluding hydrogens is 280 g/mol. The second-order valence-corrected chi connectivity index (χ2v) is 5.69. The molecule has 2 amide bonds. The van der Waals surface area contributed by atoms with Gasteiger partial charge in [0.15, 0.2) is 0 Å². The highest BCUT2D eigenvalue weighted by atomic mass is 16.5. The summed E-state index contributed by atoms with van der Waals surface area (Å²) in [4.78, 5) is 23.0. The average molecular weight is 306 g/mol. The number of alkyl carbamates (subject to hydrolysis) is 1. The molecule has 0 fully saturated rings. The molecule has 5 nitrogen and oxygen atoms in total. The van der Waals surface area contributed by atoms with E-state index in [1.165, 1.54) is 12.7 Å². The van der Waals surface area contributed by atoms with Gasteiger partial charge in [0, 0.05) is 6.04 Å². The van der Waals surface area contributed by atoms with Crippen molar-refractivity contribution in [2.75, 3.05) is 7.11 Å². The highest BCUT2D eigenvalue weighted by molar-refractivity contribution is 5.94. The Morgan fingerprint density at radius 1 is 1.14 bits per heavy atom. The van der Waals surface area contributed by atoms with Crippen molar-refractivity contribution >= 4 is 12.0 Å². The maximum Gasteiger partial charge on any atom is 0.413 e. The number of carbonyl (C=O) groups is 2. The summed E-state index contributed by atoms with van der Waals surface area (Å²) in [5.41, 5.74) is 2.41. The van der Waals surface area contributed by atoms with Gasteiger partial charge in [0.2, 0.25) is 5.91 Å². The van der Waals surface area contributed by atoms with Crippen molar-refractivity contribution in [3.05, 3.63) is 35.4 Å². The van der Waals surface area contributed by atoms with Gasteiger partial charge in [-0.2, -0.15) is 0 Å². The van der Waals surface area contributed by atoms with Crippen molar-refractivity contribution < 1.29 is 14.3 Å². The number of methoxy groups -OCH3 is 1. The molecule has 0 spiro atoms. The van der Waals surface area contributed by atoms with Gasteiger partial charge in [-0.05, 0) is 30.4 Å². The zero-order chi connectivity index (χ0) is 16.7. The maximum atomic E-state index is 11.9. The van der Waals surface area contributed by atoms with Crippen LogP contribution in [0.25, 0.3) is 0 Å². The molecule has 0 aliphatic carbocycles. The summed E-state index contributed by atoms with van der Waals surface area (Å²) < 4.78 is 4.43. The number of rotatable bonds is 6. The molecule has 0 unspecified atom stereocenters. The van der Waals surface area contributed by atoms with Crippen molar-refractivity contribution in [3.63, 3.8) is 0 Å². The van der Waals surface area contributed by atoms with Crippen molar-refractivity contribution in [1.29, 1.82) is 0 Å². The van der Waals surface area contributed by atoms with Crippen molar-refractivity contribution in [2.24, 2.45) is 5.92 Å². The monoisotopic (exact) mass is 306 g/mol. The van der Waals surface area contributed by atoms with Crippen LogP contribution in [-0.4, -0.2) is 25.2 Å². The summed E-state index contributed by atoms with van der Waals surface area (Å²) in [6.07, 6.45) is 0.255. The number of amides is 2. The van der Waals surface area contributed by atoms with Crippen LogP contribution in [0.15, 0.2) is 24.3 Å². The lowest BCUT2D eigenvalue weighted by Crippen LogP contribution is -2.46. The topological polar surface area (TPSA) is 67.4 Å². The van der Waals surface area contributed by atoms with E-state index in [-0.39, 0.29) is 6.04 Å². The molecule has 1 aromatic rings. The van der Waals surface area contributed by atoms with E-state index < -0.39 is 18.0 Å². The zero-order valence-corrected chi connectivity index (χ0v) is 14.0. The molecule has 0 bridgehead atoms. The quantitative estimate of drug-likeness (QED) is 0.848. The Bertz CT molecular complexity index is 497. The van der Waals surface area contributed by atoms with Gasteiger partial charge in [-0.25, -0.2) is 4.79 Å². The molecule has 0 aliphatic heterocycles. The van der Waals surface area contributed by atoms with Crippen LogP contribution in [0.3, 0.4) is 0 Å². The fraction of sp³-hybridized carbons (Fsp3) is 0.529. The van der Waals surface area contributed by atoms with Crippen LogP contribution in [0.1, 0.15) is 44.9 Å². The highest BCUT2D eigenvalue weighted by Gasteiger charge is 2.23. The third-order valence-electron chi connectivity index (χ3n) is 3.65. The third-order valence-corrected chi connectivity index (χ3v) is 3.65. The lowest BCUT2D eigenvalue weighted by Gasteiger charge is -2.26. The van der Waals surface area contributed by atoms with Gasteiger partial charge in [-0.1, -0.05) is 45.0 Å². The van der Waals surface area contributed by atoms with Crippen LogP contribution in [0.2, 0.25) is 0 Å². The summed E-state index contributed by atoms with van der Waals surface area (Å²) in [6, 6.07) is 7.90. The number of imide groups is 1. The van der Waals surface area contributed by atoms with Crippen molar-refractivity contribution in [1.82, 2.24) is 10.6 Å². The molecule has 0 saturated heterocycles. The Labute approximate surface area is 132 Å². The first-order valence-corrected chi connectivity index (χ1v) is 7.62. The number of hydrogen-bond acceptors (Lipinski definition) is 4. The van der Waals surface area contributed by atoms with Gasteiger partial charge in [-0.3, -0.25) is 15.4 Å². The molecule has 0 saturated carbocycles. The van der Waals surface area contributed by atoms with Crippen LogP contribution < -0.4 is 10.6 Å². The molecule has 122 valence electrons. The first-order valence-electron chi connectivity index (χ1n) is 7.62. The van der Waals surface area contributed by atoms with Gasteiger partial charge in [0.05, 0.1) is 13.2 Å². The number of ether oxygens (including phenoxy) is 1. The standard InChI is InChI=1S/C17H26N2O3/c1-6-13-7-9-14(10-8-13)15(11(2)3)18-12(4)16(20)19-17(21)22-5/h7-12,15,18H,6H2,1-5H3,(H,19,20,21)/t12-,15+/m0/s1. The smallest absolute Gasteiger partial charge is 0.413 e. The van der Waals surface area contributed by atoms with Gasteiger partial charge >= 0.3 is 6.09 Å². The van der Waals surface area contributed by atoms with Gasteiger partial charge < -0.3 is 4.74 Å². The average Bonchev–Trinajstić information content (AvgIpc) is 2.51. The molecule has 0 radical (unpaired) electrons. The zero-order valence-electron chi connectivity index (χ0n) is 14.0. The largest absolute Gasteiger partial charge is 0.453 e. The molecule has 0 aromatic heterocycles. The molecule has 2 N–H and O–H groups in total. The van der Waals surface area contributed by atoms with E-state index in [4.69, 9.17) is 0 Å². The Balaban J connectivity index is 2.78. The lowest BCUT2D eigenvalue weighted by molar-refractivity contribution is -0.122. The Kier molecular flexibility index (Phi) is 7.05. The number of hydrogen-bond donors (Lipinski definition) is 2. The molecule has 0 aliphatic rings. The predicted octanol–water partition coefficient (Wildman–Crippen LogP) is 2.81. The molecule has 5 heteroatoms. The van der Waals surface area contributed by atoms with Crippen LogP contribution in [0, 0.1) is 5.92 Å². The summed E-state index contributed by atoms with van der Waals surface area (Å²) in [6.45, 7) is 8.03. The van der Waals surface area contributed by atoms with E-state index in [1.54, 1.807) is 6.92 Å². The molecule has 22 heavy (non-hydrogen) atoms. The first-order chi connectivity index (χ1) is 10.4. The van der Waals surface area contributed by atoms with E-state index in [0.29, 0.717) is 5.92 Å². The molecule has 1 aromatic carbocycles. The molecule has 0 heterocycles. The predicted molar refractivity (Wildman–Crippen MR) is 86.5 cm³/mol. The Hall–Kier alpha value is -1.88. The SMILES string of the molecule is CCc1ccc([C@H](N[C@@H](C)C(=O)NC(=O)OC)C(C)C)cc1.